The van der Waals surface area contributed by atoms with Crippen LogP contribution in [0.1, 0.15) is 52.3 Å². The second kappa shape index (κ2) is 14.5. The summed E-state index contributed by atoms with van der Waals surface area (Å²) < 4.78 is 5.89. The molecule has 3 aromatic carbocycles. The number of rotatable bonds is 12. The molecular weight excluding hydrogens is 588 g/mol. The number of nitrogens with one attached hydrogen (secondary N) is 3. The molecule has 1 aliphatic heterocycles. The van der Waals surface area contributed by atoms with Crippen LogP contribution in [0.4, 0.5) is 0 Å². The van der Waals surface area contributed by atoms with E-state index >= 15 is 0 Å². The van der Waals surface area contributed by atoms with Crippen molar-refractivity contribution in [1.29, 1.82) is 0 Å². The molecule has 3 aromatic rings. The van der Waals surface area contributed by atoms with Crippen LogP contribution < -0.4 is 16.0 Å². The molecule has 0 saturated carbocycles. The zero-order chi connectivity index (χ0) is 32.7. The van der Waals surface area contributed by atoms with Crippen LogP contribution in [0.15, 0.2) is 54.6 Å². The minimum Gasteiger partial charge on any atom is -0.504 e. The summed E-state index contributed by atoms with van der Waals surface area (Å²) in [4.78, 5) is 40.3. The molecule has 9 N–H and O–H groups in total. The summed E-state index contributed by atoms with van der Waals surface area (Å²) >= 11 is 0. The van der Waals surface area contributed by atoms with E-state index in [9.17, 15) is 45.0 Å². The second-order valence-corrected chi connectivity index (χ2v) is 10.5. The van der Waals surface area contributed by atoms with E-state index in [1.807, 2.05) is 0 Å². The summed E-state index contributed by atoms with van der Waals surface area (Å²) in [5, 5.41) is 67.8. The van der Waals surface area contributed by atoms with Crippen LogP contribution in [0.25, 0.3) is 0 Å². The van der Waals surface area contributed by atoms with Crippen LogP contribution in [0.5, 0.6) is 34.5 Å². The molecule has 0 aliphatic carbocycles. The Kier molecular flexibility index (Phi) is 10.5. The Hall–Kier alpha value is -5.21. The van der Waals surface area contributed by atoms with Gasteiger partial charge in [-0.2, -0.15) is 0 Å². The third-order valence-electron chi connectivity index (χ3n) is 7.36. The van der Waals surface area contributed by atoms with E-state index in [0.717, 1.165) is 0 Å². The Morgan fingerprint density at radius 1 is 0.733 bits per heavy atom. The highest BCUT2D eigenvalue weighted by Crippen LogP contribution is 2.36. The van der Waals surface area contributed by atoms with Crippen molar-refractivity contribution in [2.75, 3.05) is 26.2 Å². The van der Waals surface area contributed by atoms with Crippen molar-refractivity contribution >= 4 is 17.7 Å². The zero-order valence-electron chi connectivity index (χ0n) is 24.4. The van der Waals surface area contributed by atoms with Crippen LogP contribution in [0.3, 0.4) is 0 Å². The topological polar surface area (TPSA) is 221 Å². The van der Waals surface area contributed by atoms with Gasteiger partial charge in [0.25, 0.3) is 11.8 Å². The van der Waals surface area contributed by atoms with Gasteiger partial charge in [0.15, 0.2) is 34.5 Å². The van der Waals surface area contributed by atoms with E-state index in [0.29, 0.717) is 12.8 Å². The number of carbonyl (C=O) groups excluding carboxylic acids is 3. The van der Waals surface area contributed by atoms with Gasteiger partial charge in [0.2, 0.25) is 5.91 Å². The van der Waals surface area contributed by atoms with Crippen LogP contribution in [0, 0.1) is 0 Å². The molecule has 3 atom stereocenters. The number of benzene rings is 3. The molecule has 0 aromatic heterocycles. The summed E-state index contributed by atoms with van der Waals surface area (Å²) in [7, 11) is 0. The molecule has 4 rings (SSSR count). The fraction of sp³-hybridized carbons (Fsp3) is 0.323. The number of para-hydroxylation sites is 3. The summed E-state index contributed by atoms with van der Waals surface area (Å²) in [5.74, 6) is -4.17. The molecular formula is C31H36N4O10. The maximum absolute atomic E-state index is 13.7. The average molecular weight is 625 g/mol. The largest absolute Gasteiger partial charge is 0.504 e. The molecule has 0 radical (unpaired) electrons. The maximum Gasteiger partial charge on any atom is 0.255 e. The Morgan fingerprint density at radius 2 is 1.20 bits per heavy atom. The average Bonchev–Trinajstić information content (AvgIpc) is 3.40. The first-order chi connectivity index (χ1) is 21.5. The lowest BCUT2D eigenvalue weighted by molar-refractivity contribution is -0.134. The quantitative estimate of drug-likeness (QED) is 0.104. The van der Waals surface area contributed by atoms with Crippen LogP contribution in [-0.2, 0) is 9.53 Å². The first kappa shape index (κ1) is 32.7. The lowest BCUT2D eigenvalue weighted by Gasteiger charge is -2.27. The van der Waals surface area contributed by atoms with Crippen molar-refractivity contribution in [2.24, 2.45) is 0 Å². The lowest BCUT2D eigenvalue weighted by Crippen LogP contribution is -2.49. The van der Waals surface area contributed by atoms with E-state index < -0.39 is 53.2 Å². The Labute approximate surface area is 258 Å². The van der Waals surface area contributed by atoms with Gasteiger partial charge in [-0.25, -0.2) is 0 Å². The second-order valence-electron chi connectivity index (χ2n) is 10.5. The molecule has 0 spiro atoms. The Balaban J connectivity index is 1.39. The van der Waals surface area contributed by atoms with Gasteiger partial charge in [-0.05, 0) is 50.1 Å². The molecule has 1 unspecified atom stereocenters. The number of aromatic hydroxyl groups is 6. The number of nitrogens with zero attached hydrogens (tertiary/aromatic N) is 1. The highest BCUT2D eigenvalue weighted by molar-refractivity contribution is 5.98. The van der Waals surface area contributed by atoms with Crippen LogP contribution in [-0.4, -0.2) is 91.6 Å². The smallest absolute Gasteiger partial charge is 0.255 e. The molecule has 240 valence electrons. The SMILES string of the molecule is C[C@H]1OC(c2cccc(O)c2O)N[C@@H]1C(=O)N(CCCNC(=O)c1cccc(O)c1O)CCCNC(=O)c1cccc(O)c1O. The van der Waals surface area contributed by atoms with Gasteiger partial charge >= 0.3 is 0 Å². The molecule has 1 heterocycles. The van der Waals surface area contributed by atoms with Crippen molar-refractivity contribution in [3.63, 3.8) is 0 Å². The minimum atomic E-state index is -0.869. The molecule has 1 saturated heterocycles. The Morgan fingerprint density at radius 3 is 1.71 bits per heavy atom. The maximum atomic E-state index is 13.7. The molecule has 0 bridgehead atoms. The van der Waals surface area contributed by atoms with Gasteiger partial charge in [-0.3, -0.25) is 19.7 Å². The van der Waals surface area contributed by atoms with E-state index in [2.05, 4.69) is 16.0 Å². The van der Waals surface area contributed by atoms with E-state index in [4.69, 9.17) is 4.74 Å². The molecule has 1 fully saturated rings. The lowest BCUT2D eigenvalue weighted by atomic mass is 10.1. The van der Waals surface area contributed by atoms with Crippen molar-refractivity contribution in [1.82, 2.24) is 20.9 Å². The fourth-order valence-corrected chi connectivity index (χ4v) is 4.92. The Bertz CT molecular complexity index is 1480. The first-order valence-corrected chi connectivity index (χ1v) is 14.3. The number of hydrogen-bond donors (Lipinski definition) is 9. The molecule has 1 aliphatic rings. The van der Waals surface area contributed by atoms with Crippen molar-refractivity contribution in [2.45, 2.75) is 38.1 Å². The summed E-state index contributed by atoms with van der Waals surface area (Å²) in [6.45, 7) is 2.35. The number of amides is 3. The molecule has 3 amide bonds. The normalized spacial score (nSPS) is 17.5. The third kappa shape index (κ3) is 7.66. The van der Waals surface area contributed by atoms with Crippen LogP contribution in [0.2, 0.25) is 0 Å². The van der Waals surface area contributed by atoms with Gasteiger partial charge in [0, 0.05) is 31.7 Å². The highest BCUT2D eigenvalue weighted by atomic mass is 16.5. The molecule has 14 heteroatoms. The monoisotopic (exact) mass is 624 g/mol. The highest BCUT2D eigenvalue weighted by Gasteiger charge is 2.40. The number of phenols is 6. The van der Waals surface area contributed by atoms with Crippen LogP contribution >= 0.6 is 0 Å². The number of hydrogen-bond acceptors (Lipinski definition) is 11. The molecule has 14 nitrogen and oxygen atoms in total. The number of ether oxygens (including phenoxy) is 1. The standard InChI is InChI=1S/C31H36N4O10/c1-17-24(34-30(45-17)20-9-4-12-23(38)27(20)41)31(44)35(15-5-13-32-28(42)18-7-2-10-21(36)25(18)39)16-6-14-33-29(43)19-8-3-11-22(37)26(19)40/h2-4,7-12,17,24,30,34,36-41H,5-6,13-16H2,1H3,(H,32,42)(H,33,43)/t17-,24+,30?/m1/s1. The number of phenolic OH excluding ortho intramolecular Hbond substituents is 6. The van der Waals surface area contributed by atoms with Crippen molar-refractivity contribution in [3.8, 4) is 34.5 Å². The number of carbonyl (C=O) groups is 3. The van der Waals surface area contributed by atoms with Gasteiger partial charge in [-0.15, -0.1) is 0 Å². The van der Waals surface area contributed by atoms with Gasteiger partial charge in [0.05, 0.1) is 17.2 Å². The van der Waals surface area contributed by atoms with Gasteiger partial charge in [0.1, 0.15) is 12.3 Å². The van der Waals surface area contributed by atoms with Gasteiger partial charge < -0.3 is 50.9 Å². The third-order valence-corrected chi connectivity index (χ3v) is 7.36. The van der Waals surface area contributed by atoms with E-state index in [1.165, 1.54) is 53.4 Å². The van der Waals surface area contributed by atoms with E-state index in [1.54, 1.807) is 13.0 Å². The molecule has 45 heavy (non-hydrogen) atoms. The van der Waals surface area contributed by atoms with E-state index in [-0.39, 0.29) is 60.3 Å². The predicted octanol–water partition coefficient (Wildman–Crippen LogP) is 1.76. The van der Waals surface area contributed by atoms with Crippen molar-refractivity contribution in [3.05, 3.63) is 71.3 Å². The fourth-order valence-electron chi connectivity index (χ4n) is 4.92. The summed E-state index contributed by atoms with van der Waals surface area (Å²) in [6.07, 6.45) is -0.849. The first-order valence-electron chi connectivity index (χ1n) is 14.3. The predicted molar refractivity (Wildman–Crippen MR) is 160 cm³/mol. The van der Waals surface area contributed by atoms with Crippen molar-refractivity contribution < 1.29 is 49.8 Å². The minimum absolute atomic E-state index is 0.0983. The summed E-state index contributed by atoms with van der Waals surface area (Å²) in [6, 6.07) is 11.7. The summed E-state index contributed by atoms with van der Waals surface area (Å²) in [5.41, 5.74) is 0.0668. The zero-order valence-corrected chi connectivity index (χ0v) is 24.4. The van der Waals surface area contributed by atoms with Gasteiger partial charge in [-0.1, -0.05) is 24.3 Å².